The van der Waals surface area contributed by atoms with E-state index >= 15 is 0 Å². The van der Waals surface area contributed by atoms with Crippen molar-refractivity contribution in [2.75, 3.05) is 7.11 Å². The van der Waals surface area contributed by atoms with Crippen molar-refractivity contribution in [1.29, 1.82) is 0 Å². The van der Waals surface area contributed by atoms with Crippen LogP contribution in [0.1, 0.15) is 17.0 Å². The molecule has 2 aromatic carbocycles. The van der Waals surface area contributed by atoms with Crippen molar-refractivity contribution in [2.45, 2.75) is 5.92 Å². The maximum absolute atomic E-state index is 9.63. The van der Waals surface area contributed by atoms with Gasteiger partial charge in [-0.1, -0.05) is 36.4 Å². The summed E-state index contributed by atoms with van der Waals surface area (Å²) < 4.78 is 5.12. The minimum Gasteiger partial charge on any atom is -0.508 e. The van der Waals surface area contributed by atoms with Crippen LogP contribution in [0.4, 0.5) is 0 Å². The molecule has 1 atom stereocenters. The van der Waals surface area contributed by atoms with E-state index in [1.807, 2.05) is 36.4 Å². The van der Waals surface area contributed by atoms with Crippen LogP contribution in [-0.4, -0.2) is 17.3 Å². The van der Waals surface area contributed by atoms with Gasteiger partial charge in [-0.05, 0) is 35.4 Å². The van der Waals surface area contributed by atoms with Crippen LogP contribution in [0.5, 0.6) is 17.2 Å². The van der Waals surface area contributed by atoms with Crippen molar-refractivity contribution in [1.82, 2.24) is 0 Å². The Morgan fingerprint density at radius 3 is 2.43 bits per heavy atom. The zero-order chi connectivity index (χ0) is 15.2. The van der Waals surface area contributed by atoms with E-state index in [1.54, 1.807) is 24.3 Å². The minimum atomic E-state index is 0.00769. The molecule has 0 aliphatic heterocycles. The molecule has 3 heteroatoms. The van der Waals surface area contributed by atoms with Gasteiger partial charge in [0.05, 0.1) is 7.11 Å². The van der Waals surface area contributed by atoms with Crippen LogP contribution in [0.15, 0.2) is 61.2 Å². The molecule has 0 aliphatic rings. The fourth-order valence-electron chi connectivity index (χ4n) is 2.03. The molecule has 2 N–H and O–H groups in total. The van der Waals surface area contributed by atoms with Crippen LogP contribution in [-0.2, 0) is 0 Å². The smallest absolute Gasteiger partial charge is 0.160 e. The molecule has 108 valence electrons. The molecule has 0 heterocycles. The minimum absolute atomic E-state index is 0.00769. The highest BCUT2D eigenvalue weighted by atomic mass is 16.5. The van der Waals surface area contributed by atoms with Gasteiger partial charge in [0.1, 0.15) is 5.75 Å². The molecule has 2 aromatic rings. The van der Waals surface area contributed by atoms with Crippen molar-refractivity contribution >= 4 is 6.08 Å². The summed E-state index contributed by atoms with van der Waals surface area (Å²) in [5.74, 6) is 0.813. The molecular formula is C18H18O3. The van der Waals surface area contributed by atoms with Crippen LogP contribution in [0.2, 0.25) is 0 Å². The van der Waals surface area contributed by atoms with Crippen molar-refractivity contribution in [3.8, 4) is 17.2 Å². The highest BCUT2D eigenvalue weighted by molar-refractivity contribution is 5.53. The molecule has 3 nitrogen and oxygen atoms in total. The van der Waals surface area contributed by atoms with Gasteiger partial charge in [0.2, 0.25) is 0 Å². The highest BCUT2D eigenvalue weighted by Crippen LogP contribution is 2.30. The van der Waals surface area contributed by atoms with Crippen LogP contribution >= 0.6 is 0 Å². The van der Waals surface area contributed by atoms with Gasteiger partial charge in [0.15, 0.2) is 11.5 Å². The summed E-state index contributed by atoms with van der Waals surface area (Å²) >= 11 is 0. The average molecular weight is 282 g/mol. The summed E-state index contributed by atoms with van der Waals surface area (Å²) in [4.78, 5) is 0. The standard InChI is InChI=1S/C18H18O3/c1-3-14(7-4-13-5-9-16(19)10-6-13)15-8-11-17(20)18(12-15)21-2/h3-12,14,19-20H,1H2,2H3/b7-4+/t14-/m0/s1. The molecule has 2 rings (SSSR count). The van der Waals surface area contributed by atoms with Gasteiger partial charge >= 0.3 is 0 Å². The summed E-state index contributed by atoms with van der Waals surface area (Å²) in [7, 11) is 1.52. The predicted octanol–water partition coefficient (Wildman–Crippen LogP) is 4.09. The van der Waals surface area contributed by atoms with Gasteiger partial charge in [0, 0.05) is 5.92 Å². The summed E-state index contributed by atoms with van der Waals surface area (Å²) in [5, 5.41) is 18.9. The maximum Gasteiger partial charge on any atom is 0.160 e. The zero-order valence-corrected chi connectivity index (χ0v) is 11.9. The molecule has 21 heavy (non-hydrogen) atoms. The quantitative estimate of drug-likeness (QED) is 0.812. The molecule has 0 aliphatic carbocycles. The van der Waals surface area contributed by atoms with Gasteiger partial charge in [-0.2, -0.15) is 0 Å². The van der Waals surface area contributed by atoms with E-state index in [0.29, 0.717) is 5.75 Å². The molecule has 0 saturated heterocycles. The van der Waals surface area contributed by atoms with Crippen LogP contribution < -0.4 is 4.74 Å². The van der Waals surface area contributed by atoms with E-state index in [0.717, 1.165) is 11.1 Å². The molecule has 0 fully saturated rings. The number of phenols is 2. The molecule has 0 spiro atoms. The molecule has 0 saturated carbocycles. The number of allylic oxidation sites excluding steroid dienone is 2. The van der Waals surface area contributed by atoms with E-state index in [4.69, 9.17) is 4.74 Å². The third-order valence-electron chi connectivity index (χ3n) is 3.23. The molecule has 0 bridgehead atoms. The Balaban J connectivity index is 2.23. The number of hydrogen-bond donors (Lipinski definition) is 2. The summed E-state index contributed by atoms with van der Waals surface area (Å²) in [5.41, 5.74) is 1.97. The Hall–Kier alpha value is -2.68. The van der Waals surface area contributed by atoms with Gasteiger partial charge < -0.3 is 14.9 Å². The monoisotopic (exact) mass is 282 g/mol. The Morgan fingerprint density at radius 1 is 1.10 bits per heavy atom. The lowest BCUT2D eigenvalue weighted by Gasteiger charge is -2.11. The number of hydrogen-bond acceptors (Lipinski definition) is 3. The highest BCUT2D eigenvalue weighted by Gasteiger charge is 2.08. The number of rotatable bonds is 5. The van der Waals surface area contributed by atoms with Crippen LogP contribution in [0.25, 0.3) is 6.08 Å². The zero-order valence-electron chi connectivity index (χ0n) is 11.9. The van der Waals surface area contributed by atoms with E-state index in [9.17, 15) is 10.2 Å². The van der Waals surface area contributed by atoms with Crippen molar-refractivity contribution in [3.63, 3.8) is 0 Å². The number of methoxy groups -OCH3 is 1. The largest absolute Gasteiger partial charge is 0.508 e. The Morgan fingerprint density at radius 2 is 1.81 bits per heavy atom. The molecule has 0 radical (unpaired) electrons. The van der Waals surface area contributed by atoms with E-state index < -0.39 is 0 Å². The van der Waals surface area contributed by atoms with Gasteiger partial charge in [-0.15, -0.1) is 6.58 Å². The fraction of sp³-hybridized carbons (Fsp3) is 0.111. The summed E-state index contributed by atoms with van der Waals surface area (Å²) in [6.45, 7) is 3.85. The first-order valence-electron chi connectivity index (χ1n) is 6.60. The normalized spacial score (nSPS) is 12.2. The average Bonchev–Trinajstić information content (AvgIpc) is 2.51. The van der Waals surface area contributed by atoms with Gasteiger partial charge in [0.25, 0.3) is 0 Å². The lowest BCUT2D eigenvalue weighted by molar-refractivity contribution is 0.373. The first-order chi connectivity index (χ1) is 10.1. The number of ether oxygens (including phenoxy) is 1. The van der Waals surface area contributed by atoms with Crippen molar-refractivity contribution < 1.29 is 14.9 Å². The van der Waals surface area contributed by atoms with Gasteiger partial charge in [-0.3, -0.25) is 0 Å². The third-order valence-corrected chi connectivity index (χ3v) is 3.23. The first kappa shape index (κ1) is 14.7. The molecule has 0 amide bonds. The van der Waals surface area contributed by atoms with E-state index in [2.05, 4.69) is 6.58 Å². The Labute approximate surface area is 124 Å². The maximum atomic E-state index is 9.63. The molecule has 0 aromatic heterocycles. The SMILES string of the molecule is C=C[C@@H](/C=C/c1ccc(O)cc1)c1ccc(O)c(OC)c1. The number of phenolic OH excluding ortho intramolecular Hbond substituents is 2. The Kier molecular flexibility index (Phi) is 4.67. The summed E-state index contributed by atoms with van der Waals surface area (Å²) in [6.07, 6.45) is 5.79. The van der Waals surface area contributed by atoms with Crippen molar-refractivity contribution in [3.05, 3.63) is 72.3 Å². The van der Waals surface area contributed by atoms with E-state index in [1.165, 1.54) is 7.11 Å². The second kappa shape index (κ2) is 6.66. The fourth-order valence-corrected chi connectivity index (χ4v) is 2.03. The first-order valence-corrected chi connectivity index (χ1v) is 6.60. The lowest BCUT2D eigenvalue weighted by atomic mass is 9.97. The van der Waals surface area contributed by atoms with Crippen LogP contribution in [0.3, 0.4) is 0 Å². The number of benzene rings is 2. The summed E-state index contributed by atoms with van der Waals surface area (Å²) in [6, 6.07) is 12.2. The Bertz CT molecular complexity index is 642. The van der Waals surface area contributed by atoms with E-state index in [-0.39, 0.29) is 17.4 Å². The third kappa shape index (κ3) is 3.66. The lowest BCUT2D eigenvalue weighted by Crippen LogP contribution is -1.92. The number of aromatic hydroxyl groups is 2. The molecule has 0 unspecified atom stereocenters. The second-order valence-electron chi connectivity index (χ2n) is 4.64. The van der Waals surface area contributed by atoms with Crippen molar-refractivity contribution in [2.24, 2.45) is 0 Å². The van der Waals surface area contributed by atoms with Gasteiger partial charge in [-0.25, -0.2) is 0 Å². The topological polar surface area (TPSA) is 49.7 Å². The second-order valence-corrected chi connectivity index (χ2v) is 4.64. The molecular weight excluding hydrogens is 264 g/mol. The predicted molar refractivity (Wildman–Crippen MR) is 84.7 cm³/mol. The van der Waals surface area contributed by atoms with Crippen LogP contribution in [0, 0.1) is 0 Å².